The number of nitrogens with two attached hydrogens (primary N) is 1. The Morgan fingerprint density at radius 2 is 1.94 bits per heavy atom. The second-order valence-corrected chi connectivity index (χ2v) is 4.00. The number of ketones is 1. The molecule has 0 saturated carbocycles. The number of hydrogen-bond acceptors (Lipinski definition) is 4. The largest absolute Gasteiger partial charge is 0.391 e. The molecule has 4 N–H and O–H groups in total. The quantitative estimate of drug-likeness (QED) is 0.510. The molecule has 1 amide bonds. The molecule has 0 radical (unpaired) electrons. The first-order valence-corrected chi connectivity index (χ1v) is 5.67. The summed E-state index contributed by atoms with van der Waals surface area (Å²) in [7, 11) is 0. The lowest BCUT2D eigenvalue weighted by molar-refractivity contribution is -0.129. The Labute approximate surface area is 96.4 Å². The van der Waals surface area contributed by atoms with Gasteiger partial charge in [-0.25, -0.2) is 0 Å². The third-order valence-electron chi connectivity index (χ3n) is 2.34. The average Bonchev–Trinajstić information content (AvgIpc) is 2.20. The van der Waals surface area contributed by atoms with Gasteiger partial charge in [-0.3, -0.25) is 9.59 Å². The summed E-state index contributed by atoms with van der Waals surface area (Å²) < 4.78 is 0. The van der Waals surface area contributed by atoms with Crippen molar-refractivity contribution in [2.45, 2.75) is 51.7 Å². The molecule has 0 heterocycles. The van der Waals surface area contributed by atoms with Gasteiger partial charge in [0.05, 0.1) is 6.10 Å². The van der Waals surface area contributed by atoms with Crippen molar-refractivity contribution in [1.82, 2.24) is 5.32 Å². The van der Waals surface area contributed by atoms with Crippen molar-refractivity contribution in [2.75, 3.05) is 6.54 Å². The minimum atomic E-state index is -0.856. The van der Waals surface area contributed by atoms with Crippen LogP contribution in [-0.4, -0.2) is 35.5 Å². The molecule has 5 nitrogen and oxygen atoms in total. The van der Waals surface area contributed by atoms with E-state index in [1.54, 1.807) is 0 Å². The zero-order valence-corrected chi connectivity index (χ0v) is 10.0. The average molecular weight is 230 g/mol. The molecule has 0 aliphatic heterocycles. The van der Waals surface area contributed by atoms with E-state index in [0.29, 0.717) is 13.0 Å². The number of Topliss-reactive ketones (excluding diaryl/α,β-unsaturated/α-hetero) is 1. The van der Waals surface area contributed by atoms with E-state index in [-0.39, 0.29) is 11.7 Å². The molecule has 0 rings (SSSR count). The Kier molecular flexibility index (Phi) is 7.76. The van der Waals surface area contributed by atoms with Gasteiger partial charge in [-0.05, 0) is 33.2 Å². The molecule has 2 atom stereocenters. The molecule has 0 aliphatic rings. The Balaban J connectivity index is 3.87. The predicted octanol–water partition coefficient (Wildman–Crippen LogP) is -0.0399. The lowest BCUT2D eigenvalue weighted by Crippen LogP contribution is -2.46. The summed E-state index contributed by atoms with van der Waals surface area (Å²) >= 11 is 0. The van der Waals surface area contributed by atoms with Gasteiger partial charge < -0.3 is 16.2 Å². The molecule has 0 aromatic carbocycles. The van der Waals surface area contributed by atoms with Crippen molar-refractivity contribution >= 4 is 11.7 Å². The van der Waals surface area contributed by atoms with E-state index in [0.717, 1.165) is 19.3 Å². The van der Waals surface area contributed by atoms with Gasteiger partial charge in [0.2, 0.25) is 5.91 Å². The van der Waals surface area contributed by atoms with Crippen LogP contribution in [-0.2, 0) is 9.59 Å². The van der Waals surface area contributed by atoms with Crippen molar-refractivity contribution in [1.29, 1.82) is 0 Å². The van der Waals surface area contributed by atoms with E-state index in [1.165, 1.54) is 13.8 Å². The van der Waals surface area contributed by atoms with Crippen molar-refractivity contribution < 1.29 is 14.7 Å². The molecule has 0 aromatic rings. The summed E-state index contributed by atoms with van der Waals surface area (Å²) in [6.07, 6.45) is 2.08. The van der Waals surface area contributed by atoms with E-state index in [4.69, 9.17) is 5.73 Å². The normalized spacial score (nSPS) is 14.2. The van der Waals surface area contributed by atoms with Crippen LogP contribution >= 0.6 is 0 Å². The standard InChI is InChI=1S/C11H22N2O3/c1-8(14)11(9(2)15)13-10(16)6-4-3-5-7-12/h8,11,14H,3-7,12H2,1-2H3,(H,13,16)/t8-,11+/m1/s1. The van der Waals surface area contributed by atoms with Gasteiger partial charge in [0, 0.05) is 6.42 Å². The van der Waals surface area contributed by atoms with Gasteiger partial charge in [-0.2, -0.15) is 0 Å². The van der Waals surface area contributed by atoms with E-state index in [2.05, 4.69) is 5.32 Å². The predicted molar refractivity (Wildman–Crippen MR) is 61.8 cm³/mol. The highest BCUT2D eigenvalue weighted by molar-refractivity contribution is 5.87. The first-order chi connectivity index (χ1) is 7.49. The fourth-order valence-electron chi connectivity index (χ4n) is 1.41. The van der Waals surface area contributed by atoms with Crippen LogP contribution < -0.4 is 11.1 Å². The zero-order chi connectivity index (χ0) is 12.6. The first-order valence-electron chi connectivity index (χ1n) is 5.67. The fourth-order valence-corrected chi connectivity index (χ4v) is 1.41. The minimum absolute atomic E-state index is 0.196. The summed E-state index contributed by atoms with van der Waals surface area (Å²) in [5.41, 5.74) is 5.33. The first kappa shape index (κ1) is 15.1. The number of rotatable bonds is 8. The molecule has 0 bridgehead atoms. The fraction of sp³-hybridized carbons (Fsp3) is 0.818. The van der Waals surface area contributed by atoms with Crippen molar-refractivity contribution in [2.24, 2.45) is 5.73 Å². The number of nitrogens with one attached hydrogen (secondary N) is 1. The van der Waals surface area contributed by atoms with Gasteiger partial charge in [0.1, 0.15) is 6.04 Å². The summed E-state index contributed by atoms with van der Waals surface area (Å²) in [5.74, 6) is -0.427. The highest BCUT2D eigenvalue weighted by atomic mass is 16.3. The van der Waals surface area contributed by atoms with Crippen LogP contribution in [0.25, 0.3) is 0 Å². The number of hydrogen-bond donors (Lipinski definition) is 3. The molecule has 0 unspecified atom stereocenters. The second-order valence-electron chi connectivity index (χ2n) is 4.00. The van der Waals surface area contributed by atoms with Crippen molar-refractivity contribution in [3.63, 3.8) is 0 Å². The molecule has 16 heavy (non-hydrogen) atoms. The van der Waals surface area contributed by atoms with Crippen LogP contribution in [0.4, 0.5) is 0 Å². The summed E-state index contributed by atoms with van der Waals surface area (Å²) in [5, 5.41) is 11.8. The van der Waals surface area contributed by atoms with Gasteiger partial charge >= 0.3 is 0 Å². The topological polar surface area (TPSA) is 92.4 Å². The van der Waals surface area contributed by atoms with Gasteiger partial charge in [0.15, 0.2) is 5.78 Å². The minimum Gasteiger partial charge on any atom is -0.391 e. The van der Waals surface area contributed by atoms with Gasteiger partial charge in [-0.15, -0.1) is 0 Å². The lowest BCUT2D eigenvalue weighted by atomic mass is 10.1. The molecule has 94 valence electrons. The molecule has 0 aliphatic carbocycles. The van der Waals surface area contributed by atoms with E-state index < -0.39 is 12.1 Å². The number of carbonyl (C=O) groups excluding carboxylic acids is 2. The zero-order valence-electron chi connectivity index (χ0n) is 10.0. The molecule has 0 saturated heterocycles. The summed E-state index contributed by atoms with van der Waals surface area (Å²) in [6, 6.07) is -0.790. The van der Waals surface area contributed by atoms with Crippen LogP contribution in [0.15, 0.2) is 0 Å². The summed E-state index contributed by atoms with van der Waals surface area (Å²) in [6.45, 7) is 3.47. The van der Waals surface area contributed by atoms with Crippen LogP contribution in [0.2, 0.25) is 0 Å². The number of aliphatic hydroxyl groups is 1. The van der Waals surface area contributed by atoms with Gasteiger partial charge in [0.25, 0.3) is 0 Å². The van der Waals surface area contributed by atoms with Crippen molar-refractivity contribution in [3.8, 4) is 0 Å². The van der Waals surface area contributed by atoms with Crippen LogP contribution in [0.1, 0.15) is 39.5 Å². The third kappa shape index (κ3) is 6.53. The van der Waals surface area contributed by atoms with Crippen LogP contribution in [0.5, 0.6) is 0 Å². The Morgan fingerprint density at radius 3 is 2.38 bits per heavy atom. The highest BCUT2D eigenvalue weighted by Gasteiger charge is 2.21. The number of carbonyl (C=O) groups is 2. The smallest absolute Gasteiger partial charge is 0.220 e. The molecule has 0 aromatic heterocycles. The van der Waals surface area contributed by atoms with Crippen LogP contribution in [0, 0.1) is 0 Å². The Bertz CT molecular complexity index is 229. The number of aliphatic hydroxyl groups excluding tert-OH is 1. The summed E-state index contributed by atoms with van der Waals surface area (Å²) in [4.78, 5) is 22.5. The van der Waals surface area contributed by atoms with E-state index in [9.17, 15) is 14.7 Å². The van der Waals surface area contributed by atoms with Gasteiger partial charge in [-0.1, -0.05) is 6.42 Å². The molecular formula is C11H22N2O3. The van der Waals surface area contributed by atoms with Crippen LogP contribution in [0.3, 0.4) is 0 Å². The monoisotopic (exact) mass is 230 g/mol. The van der Waals surface area contributed by atoms with Crippen molar-refractivity contribution in [3.05, 3.63) is 0 Å². The number of unbranched alkanes of at least 4 members (excludes halogenated alkanes) is 2. The molecular weight excluding hydrogens is 208 g/mol. The maximum absolute atomic E-state index is 11.4. The van der Waals surface area contributed by atoms with E-state index >= 15 is 0 Å². The molecule has 5 heteroatoms. The third-order valence-corrected chi connectivity index (χ3v) is 2.34. The Hall–Kier alpha value is -0.940. The highest BCUT2D eigenvalue weighted by Crippen LogP contribution is 2.01. The maximum atomic E-state index is 11.4. The maximum Gasteiger partial charge on any atom is 0.220 e. The SMILES string of the molecule is CC(=O)[C@@H](NC(=O)CCCCCN)[C@@H](C)O. The molecule has 0 fully saturated rings. The van der Waals surface area contributed by atoms with E-state index in [1.807, 2.05) is 0 Å². The Morgan fingerprint density at radius 1 is 1.31 bits per heavy atom. The molecule has 0 spiro atoms. The lowest BCUT2D eigenvalue weighted by Gasteiger charge is -2.18. The number of amides is 1. The second kappa shape index (κ2) is 8.24.